The molecule has 0 aliphatic carbocycles. The molecule has 0 fully saturated rings. The zero-order valence-electron chi connectivity index (χ0n) is 9.73. The maximum absolute atomic E-state index is 11.9. The lowest BCUT2D eigenvalue weighted by Gasteiger charge is -2.13. The predicted molar refractivity (Wildman–Crippen MR) is 72.5 cm³/mol. The van der Waals surface area contributed by atoms with Gasteiger partial charge in [0.15, 0.2) is 0 Å². The van der Waals surface area contributed by atoms with Gasteiger partial charge in [0.05, 0.1) is 0 Å². The van der Waals surface area contributed by atoms with Gasteiger partial charge in [-0.1, -0.05) is 28.1 Å². The SMILES string of the molecule is C=CCC[C@H](NC(=O)c1cccc(Br)c1)C(=O)O. The highest BCUT2D eigenvalue weighted by Gasteiger charge is 2.19. The molecule has 1 atom stereocenters. The number of carbonyl (C=O) groups excluding carboxylic acids is 1. The lowest BCUT2D eigenvalue weighted by molar-refractivity contribution is -0.139. The minimum absolute atomic E-state index is 0.332. The normalized spacial score (nSPS) is 11.6. The molecule has 0 aliphatic rings. The molecule has 0 bridgehead atoms. The molecule has 96 valence electrons. The average Bonchev–Trinajstić information content (AvgIpc) is 2.33. The molecule has 0 aliphatic heterocycles. The zero-order valence-corrected chi connectivity index (χ0v) is 11.3. The molecule has 0 heterocycles. The van der Waals surface area contributed by atoms with Gasteiger partial charge in [-0.2, -0.15) is 0 Å². The van der Waals surface area contributed by atoms with Gasteiger partial charge in [0.2, 0.25) is 0 Å². The fraction of sp³-hybridized carbons (Fsp3) is 0.231. The van der Waals surface area contributed by atoms with E-state index in [0.29, 0.717) is 18.4 Å². The Morgan fingerprint density at radius 3 is 2.78 bits per heavy atom. The maximum Gasteiger partial charge on any atom is 0.326 e. The second-order valence-corrected chi connectivity index (χ2v) is 4.66. The Morgan fingerprint density at radius 1 is 1.50 bits per heavy atom. The number of hydrogen-bond donors (Lipinski definition) is 2. The van der Waals surface area contributed by atoms with E-state index in [4.69, 9.17) is 5.11 Å². The smallest absolute Gasteiger partial charge is 0.326 e. The largest absolute Gasteiger partial charge is 0.480 e. The van der Waals surface area contributed by atoms with Crippen LogP contribution in [-0.2, 0) is 4.79 Å². The minimum Gasteiger partial charge on any atom is -0.480 e. The van der Waals surface area contributed by atoms with E-state index in [1.165, 1.54) is 0 Å². The molecule has 0 radical (unpaired) electrons. The first kappa shape index (κ1) is 14.4. The molecule has 1 aromatic rings. The number of halogens is 1. The van der Waals surface area contributed by atoms with Crippen molar-refractivity contribution in [2.45, 2.75) is 18.9 Å². The molecule has 0 spiro atoms. The number of carboxylic acids is 1. The molecule has 18 heavy (non-hydrogen) atoms. The summed E-state index contributed by atoms with van der Waals surface area (Å²) in [7, 11) is 0. The van der Waals surface area contributed by atoms with E-state index in [2.05, 4.69) is 27.8 Å². The third-order valence-corrected chi connectivity index (χ3v) is 2.84. The fourth-order valence-corrected chi connectivity index (χ4v) is 1.81. The number of nitrogens with one attached hydrogen (secondary N) is 1. The van der Waals surface area contributed by atoms with Crippen LogP contribution in [0.1, 0.15) is 23.2 Å². The second kappa shape index (κ2) is 6.96. The van der Waals surface area contributed by atoms with Crippen molar-refractivity contribution in [3.8, 4) is 0 Å². The van der Waals surface area contributed by atoms with Crippen LogP contribution in [0.3, 0.4) is 0 Å². The predicted octanol–water partition coefficient (Wildman–Crippen LogP) is 2.60. The van der Waals surface area contributed by atoms with E-state index in [1.807, 2.05) is 0 Å². The molecule has 1 amide bonds. The molecule has 0 saturated heterocycles. The molecule has 4 nitrogen and oxygen atoms in total. The summed E-state index contributed by atoms with van der Waals surface area (Å²) in [5.41, 5.74) is 0.425. The third-order valence-electron chi connectivity index (χ3n) is 2.35. The van der Waals surface area contributed by atoms with Gasteiger partial charge in [-0.15, -0.1) is 6.58 Å². The number of benzene rings is 1. The molecule has 1 rings (SSSR count). The molecule has 0 unspecified atom stereocenters. The topological polar surface area (TPSA) is 66.4 Å². The van der Waals surface area contributed by atoms with Crippen LogP contribution in [0, 0.1) is 0 Å². The Hall–Kier alpha value is -1.62. The summed E-state index contributed by atoms with van der Waals surface area (Å²) in [6.07, 6.45) is 2.50. The maximum atomic E-state index is 11.9. The van der Waals surface area contributed by atoms with E-state index in [0.717, 1.165) is 4.47 Å². The lowest BCUT2D eigenvalue weighted by Crippen LogP contribution is -2.40. The zero-order chi connectivity index (χ0) is 13.5. The summed E-state index contributed by atoms with van der Waals surface area (Å²) >= 11 is 3.26. The standard InChI is InChI=1S/C13H14BrNO3/c1-2-3-7-11(13(17)18)15-12(16)9-5-4-6-10(14)8-9/h2,4-6,8,11H,1,3,7H2,(H,15,16)(H,17,18)/t11-/m0/s1. The summed E-state index contributed by atoms with van der Waals surface area (Å²) in [4.78, 5) is 22.8. The van der Waals surface area contributed by atoms with Gasteiger partial charge in [-0.25, -0.2) is 4.79 Å². The van der Waals surface area contributed by atoms with Gasteiger partial charge in [0.1, 0.15) is 6.04 Å². The molecule has 0 saturated carbocycles. The Kier molecular flexibility index (Phi) is 5.58. The van der Waals surface area contributed by atoms with E-state index in [1.54, 1.807) is 30.3 Å². The Morgan fingerprint density at radius 2 is 2.22 bits per heavy atom. The summed E-state index contributed by atoms with van der Waals surface area (Å²) in [5, 5.41) is 11.5. The first-order valence-electron chi connectivity index (χ1n) is 5.44. The monoisotopic (exact) mass is 311 g/mol. The summed E-state index contributed by atoms with van der Waals surface area (Å²) < 4.78 is 0.771. The van der Waals surface area contributed by atoms with Gasteiger partial charge in [-0.05, 0) is 31.0 Å². The van der Waals surface area contributed by atoms with Crippen LogP contribution in [0.5, 0.6) is 0 Å². The summed E-state index contributed by atoms with van der Waals surface area (Å²) in [6, 6.07) is 5.89. The van der Waals surface area contributed by atoms with Crippen molar-refractivity contribution in [1.82, 2.24) is 5.32 Å². The number of hydrogen-bond acceptors (Lipinski definition) is 2. The van der Waals surface area contributed by atoms with Crippen LogP contribution in [0.2, 0.25) is 0 Å². The van der Waals surface area contributed by atoms with Crippen LogP contribution < -0.4 is 5.32 Å². The van der Waals surface area contributed by atoms with Gasteiger partial charge in [0.25, 0.3) is 5.91 Å². The van der Waals surface area contributed by atoms with Crippen LogP contribution in [0.4, 0.5) is 0 Å². The number of rotatable bonds is 6. The van der Waals surface area contributed by atoms with Crippen molar-refractivity contribution in [2.75, 3.05) is 0 Å². The minimum atomic E-state index is -1.04. The summed E-state index contributed by atoms with van der Waals surface area (Å²) in [6.45, 7) is 3.53. The van der Waals surface area contributed by atoms with Gasteiger partial charge < -0.3 is 10.4 Å². The number of carboxylic acid groups (broad SMARTS) is 1. The molecule has 0 aromatic heterocycles. The Bertz CT molecular complexity index is 459. The molecular formula is C13H14BrNO3. The number of amides is 1. The quantitative estimate of drug-likeness (QED) is 0.794. The first-order chi connectivity index (χ1) is 8.54. The summed E-state index contributed by atoms with van der Waals surface area (Å²) in [5.74, 6) is -1.44. The highest BCUT2D eigenvalue weighted by molar-refractivity contribution is 9.10. The van der Waals surface area contributed by atoms with E-state index in [-0.39, 0.29) is 0 Å². The van der Waals surface area contributed by atoms with Crippen molar-refractivity contribution in [2.24, 2.45) is 0 Å². The Labute approximate surface area is 114 Å². The Balaban J connectivity index is 2.72. The molecule has 2 N–H and O–H groups in total. The molecule has 1 aromatic carbocycles. The van der Waals surface area contributed by atoms with Crippen molar-refractivity contribution >= 4 is 27.8 Å². The molecular weight excluding hydrogens is 298 g/mol. The van der Waals surface area contributed by atoms with Crippen LogP contribution in [0.15, 0.2) is 41.4 Å². The van der Waals surface area contributed by atoms with Crippen molar-refractivity contribution < 1.29 is 14.7 Å². The van der Waals surface area contributed by atoms with Gasteiger partial charge in [-0.3, -0.25) is 4.79 Å². The van der Waals surface area contributed by atoms with E-state index >= 15 is 0 Å². The fourth-order valence-electron chi connectivity index (χ4n) is 1.41. The van der Waals surface area contributed by atoms with Crippen molar-refractivity contribution in [3.05, 3.63) is 47.0 Å². The third kappa shape index (κ3) is 4.33. The highest BCUT2D eigenvalue weighted by atomic mass is 79.9. The highest BCUT2D eigenvalue weighted by Crippen LogP contribution is 2.12. The van der Waals surface area contributed by atoms with Crippen molar-refractivity contribution in [1.29, 1.82) is 0 Å². The van der Waals surface area contributed by atoms with Crippen LogP contribution in [-0.4, -0.2) is 23.0 Å². The second-order valence-electron chi connectivity index (χ2n) is 3.74. The van der Waals surface area contributed by atoms with E-state index < -0.39 is 17.9 Å². The first-order valence-corrected chi connectivity index (χ1v) is 6.24. The average molecular weight is 312 g/mol. The molecule has 5 heteroatoms. The van der Waals surface area contributed by atoms with E-state index in [9.17, 15) is 9.59 Å². The van der Waals surface area contributed by atoms with Gasteiger partial charge in [0, 0.05) is 10.0 Å². The number of aliphatic carboxylic acids is 1. The number of carbonyl (C=O) groups is 2. The van der Waals surface area contributed by atoms with Crippen LogP contribution in [0.25, 0.3) is 0 Å². The number of allylic oxidation sites excluding steroid dienone is 1. The lowest BCUT2D eigenvalue weighted by atomic mass is 10.1. The van der Waals surface area contributed by atoms with Crippen LogP contribution >= 0.6 is 15.9 Å². The van der Waals surface area contributed by atoms with Crippen molar-refractivity contribution in [3.63, 3.8) is 0 Å². The van der Waals surface area contributed by atoms with Gasteiger partial charge >= 0.3 is 5.97 Å².